The van der Waals surface area contributed by atoms with Gasteiger partial charge in [0.1, 0.15) is 0 Å². The first-order valence-corrected chi connectivity index (χ1v) is 9.14. The molecular formula is C18H31I. The van der Waals surface area contributed by atoms with E-state index in [2.05, 4.69) is 48.2 Å². The van der Waals surface area contributed by atoms with Crippen LogP contribution in [-0.2, 0) is 0 Å². The normalized spacial score (nSPS) is 13.4. The van der Waals surface area contributed by atoms with Crippen molar-refractivity contribution in [2.24, 2.45) is 0 Å². The van der Waals surface area contributed by atoms with Crippen LogP contribution in [0.25, 0.3) is 0 Å². The Morgan fingerprint density at radius 1 is 0.895 bits per heavy atom. The highest BCUT2D eigenvalue weighted by Crippen LogP contribution is 2.17. The molecule has 1 heteroatoms. The van der Waals surface area contributed by atoms with Crippen molar-refractivity contribution in [3.05, 3.63) is 37.0 Å². The smallest absolute Gasteiger partial charge is 0.0109 e. The molecule has 0 aliphatic heterocycles. The topological polar surface area (TPSA) is 0 Å². The summed E-state index contributed by atoms with van der Waals surface area (Å²) in [5.74, 6) is 0. The second kappa shape index (κ2) is 16.0. The van der Waals surface area contributed by atoms with E-state index in [-0.39, 0.29) is 0 Å². The second-order valence-corrected chi connectivity index (χ2v) is 6.89. The number of hydrogen-bond donors (Lipinski definition) is 0. The predicted octanol–water partition coefficient (Wildman–Crippen LogP) is 7.01. The van der Waals surface area contributed by atoms with E-state index in [1.165, 1.54) is 64.2 Å². The molecule has 0 rings (SSSR count). The lowest BCUT2D eigenvalue weighted by Crippen LogP contribution is -1.96. The van der Waals surface area contributed by atoms with Crippen LogP contribution in [-0.4, -0.2) is 3.92 Å². The third-order valence-electron chi connectivity index (χ3n) is 3.23. The molecule has 0 saturated carbocycles. The lowest BCUT2D eigenvalue weighted by Gasteiger charge is -2.07. The molecule has 0 fully saturated rings. The Bertz CT molecular complexity index is 240. The van der Waals surface area contributed by atoms with Crippen molar-refractivity contribution in [2.75, 3.05) is 0 Å². The highest BCUT2D eigenvalue weighted by molar-refractivity contribution is 14.1. The number of unbranched alkanes of at least 4 members (excludes halogenated alkanes) is 6. The molecule has 0 saturated heterocycles. The van der Waals surface area contributed by atoms with E-state index in [1.807, 2.05) is 18.2 Å². The Kier molecular flexibility index (Phi) is 16.0. The van der Waals surface area contributed by atoms with Crippen LogP contribution in [0.1, 0.15) is 71.1 Å². The fraction of sp³-hybridized carbons (Fsp3) is 0.667. The first kappa shape index (κ1) is 18.9. The lowest BCUT2D eigenvalue weighted by atomic mass is 10.1. The fourth-order valence-electron chi connectivity index (χ4n) is 2.11. The van der Waals surface area contributed by atoms with Crippen LogP contribution in [0, 0.1) is 0 Å². The minimum atomic E-state index is 0.913. The first-order chi connectivity index (χ1) is 9.31. The maximum atomic E-state index is 3.64. The van der Waals surface area contributed by atoms with Crippen LogP contribution in [0.15, 0.2) is 37.0 Å². The Labute approximate surface area is 134 Å². The molecule has 0 aromatic heterocycles. The molecule has 0 aromatic rings. The molecule has 0 nitrogen and oxygen atoms in total. The molecule has 0 aromatic carbocycles. The van der Waals surface area contributed by atoms with Crippen LogP contribution in [0.4, 0.5) is 0 Å². The summed E-state index contributed by atoms with van der Waals surface area (Å²) >= 11 is 2.62. The van der Waals surface area contributed by atoms with Crippen molar-refractivity contribution in [1.29, 1.82) is 0 Å². The van der Waals surface area contributed by atoms with Gasteiger partial charge in [-0.25, -0.2) is 0 Å². The van der Waals surface area contributed by atoms with Gasteiger partial charge in [0.05, 0.1) is 0 Å². The molecule has 0 radical (unpaired) electrons. The Balaban J connectivity index is 3.16. The quantitative estimate of drug-likeness (QED) is 0.141. The molecule has 1 unspecified atom stereocenters. The standard InChI is InChI=1S/C18H31I/c1-3-5-6-7-8-9-10-11-12-13-14-15-17-18(19)16-4-2/h3,5-8,18H,1,4,9-17H2,2H3/b6-5-,8-7+. The van der Waals surface area contributed by atoms with Crippen molar-refractivity contribution >= 4 is 22.6 Å². The summed E-state index contributed by atoms with van der Waals surface area (Å²) in [5, 5.41) is 0. The number of hydrogen-bond acceptors (Lipinski definition) is 0. The molecule has 0 aliphatic rings. The fourth-order valence-corrected chi connectivity index (χ4v) is 3.17. The van der Waals surface area contributed by atoms with Gasteiger partial charge in [0.15, 0.2) is 0 Å². The highest BCUT2D eigenvalue weighted by atomic mass is 127. The zero-order valence-corrected chi connectivity index (χ0v) is 14.8. The van der Waals surface area contributed by atoms with Gasteiger partial charge in [-0.05, 0) is 25.7 Å². The molecule has 1 atom stereocenters. The van der Waals surface area contributed by atoms with E-state index in [4.69, 9.17) is 0 Å². The zero-order valence-electron chi connectivity index (χ0n) is 12.6. The van der Waals surface area contributed by atoms with Gasteiger partial charge in [0, 0.05) is 3.92 Å². The first-order valence-electron chi connectivity index (χ1n) is 7.89. The summed E-state index contributed by atoms with van der Waals surface area (Å²) in [4.78, 5) is 0. The molecule has 110 valence electrons. The SMILES string of the molecule is C=C/C=C\C=C\CCCCCCCCC(I)CCC. The number of rotatable bonds is 13. The summed E-state index contributed by atoms with van der Waals surface area (Å²) in [5.41, 5.74) is 0. The van der Waals surface area contributed by atoms with E-state index in [9.17, 15) is 0 Å². The summed E-state index contributed by atoms with van der Waals surface area (Å²) in [7, 11) is 0. The molecule has 19 heavy (non-hydrogen) atoms. The molecule has 0 spiro atoms. The maximum Gasteiger partial charge on any atom is 0.0109 e. The van der Waals surface area contributed by atoms with E-state index in [1.54, 1.807) is 0 Å². The Morgan fingerprint density at radius 3 is 2.26 bits per heavy atom. The van der Waals surface area contributed by atoms with Crippen molar-refractivity contribution in [1.82, 2.24) is 0 Å². The third kappa shape index (κ3) is 15.9. The molecule has 0 amide bonds. The van der Waals surface area contributed by atoms with Crippen LogP contribution < -0.4 is 0 Å². The average Bonchev–Trinajstić information content (AvgIpc) is 2.40. The van der Waals surface area contributed by atoms with Crippen LogP contribution in [0.2, 0.25) is 0 Å². The average molecular weight is 374 g/mol. The van der Waals surface area contributed by atoms with Crippen LogP contribution in [0.3, 0.4) is 0 Å². The van der Waals surface area contributed by atoms with E-state index in [0.717, 1.165) is 3.92 Å². The van der Waals surface area contributed by atoms with Gasteiger partial charge >= 0.3 is 0 Å². The van der Waals surface area contributed by atoms with Gasteiger partial charge in [0.2, 0.25) is 0 Å². The molecule has 0 bridgehead atoms. The molecule has 0 heterocycles. The van der Waals surface area contributed by atoms with Gasteiger partial charge in [-0.15, -0.1) is 0 Å². The Hall–Kier alpha value is -0.0500. The minimum Gasteiger partial charge on any atom is -0.0991 e. The van der Waals surface area contributed by atoms with Crippen LogP contribution >= 0.6 is 22.6 Å². The molecule has 0 N–H and O–H groups in total. The summed E-state index contributed by atoms with van der Waals surface area (Å²) in [6.45, 7) is 5.93. The minimum absolute atomic E-state index is 0.913. The van der Waals surface area contributed by atoms with Crippen LogP contribution in [0.5, 0.6) is 0 Å². The summed E-state index contributed by atoms with van der Waals surface area (Å²) in [6, 6.07) is 0. The zero-order chi connectivity index (χ0) is 14.2. The van der Waals surface area contributed by atoms with Gasteiger partial charge in [-0.3, -0.25) is 0 Å². The molecular weight excluding hydrogens is 343 g/mol. The van der Waals surface area contributed by atoms with Gasteiger partial charge in [-0.1, -0.05) is 105 Å². The monoisotopic (exact) mass is 374 g/mol. The Morgan fingerprint density at radius 2 is 1.58 bits per heavy atom. The van der Waals surface area contributed by atoms with Gasteiger partial charge in [0.25, 0.3) is 0 Å². The summed E-state index contributed by atoms with van der Waals surface area (Å²) < 4.78 is 0.913. The maximum absolute atomic E-state index is 3.64. The molecule has 0 aliphatic carbocycles. The van der Waals surface area contributed by atoms with Crippen molar-refractivity contribution in [2.45, 2.75) is 75.1 Å². The van der Waals surface area contributed by atoms with Crippen molar-refractivity contribution in [3.8, 4) is 0 Å². The number of halogens is 1. The van der Waals surface area contributed by atoms with Crippen molar-refractivity contribution in [3.63, 3.8) is 0 Å². The van der Waals surface area contributed by atoms with E-state index in [0.29, 0.717) is 0 Å². The van der Waals surface area contributed by atoms with Crippen molar-refractivity contribution < 1.29 is 0 Å². The number of allylic oxidation sites excluding steroid dienone is 5. The second-order valence-electron chi connectivity index (χ2n) is 5.13. The summed E-state index contributed by atoms with van der Waals surface area (Å²) in [6.07, 6.45) is 24.0. The highest BCUT2D eigenvalue weighted by Gasteiger charge is 2.01. The predicted molar refractivity (Wildman–Crippen MR) is 98.1 cm³/mol. The van der Waals surface area contributed by atoms with E-state index >= 15 is 0 Å². The van der Waals surface area contributed by atoms with E-state index < -0.39 is 0 Å². The van der Waals surface area contributed by atoms with Gasteiger partial charge < -0.3 is 0 Å². The largest absolute Gasteiger partial charge is 0.0991 e. The third-order valence-corrected chi connectivity index (χ3v) is 4.48. The lowest BCUT2D eigenvalue weighted by molar-refractivity contribution is 0.569. The van der Waals surface area contributed by atoms with Gasteiger partial charge in [-0.2, -0.15) is 0 Å². The number of alkyl halides is 1.